The molecule has 0 aliphatic carbocycles. The maximum absolute atomic E-state index is 10.1. The molecule has 0 rings (SSSR count). The molecule has 0 saturated carbocycles. The second kappa shape index (κ2) is 4.48. The van der Waals surface area contributed by atoms with Gasteiger partial charge in [0, 0.05) is 6.42 Å². The normalized spacial score (nSPS) is 16.9. The van der Waals surface area contributed by atoms with Gasteiger partial charge in [0.1, 0.15) is 6.29 Å². The van der Waals surface area contributed by atoms with Crippen LogP contribution in [0, 0.1) is 17.8 Å². The minimum absolute atomic E-state index is 0.539. The van der Waals surface area contributed by atoms with Gasteiger partial charge >= 0.3 is 0 Å². The molecule has 0 amide bonds. The van der Waals surface area contributed by atoms with E-state index in [0.29, 0.717) is 24.2 Å². The van der Waals surface area contributed by atoms with Crippen molar-refractivity contribution in [1.82, 2.24) is 0 Å². The smallest absolute Gasteiger partial charge is 0.120 e. The van der Waals surface area contributed by atoms with Gasteiger partial charge in [-0.2, -0.15) is 0 Å². The van der Waals surface area contributed by atoms with Gasteiger partial charge in [-0.25, -0.2) is 0 Å². The zero-order valence-electron chi connectivity index (χ0n) is 7.42. The van der Waals surface area contributed by atoms with E-state index in [-0.39, 0.29) is 0 Å². The van der Waals surface area contributed by atoms with Crippen molar-refractivity contribution in [2.45, 2.75) is 34.1 Å². The Hall–Kier alpha value is -0.330. The Balaban J connectivity index is 3.68. The molecule has 60 valence electrons. The molecule has 2 atom stereocenters. The molecule has 0 aromatic carbocycles. The van der Waals surface area contributed by atoms with Crippen molar-refractivity contribution in [3.8, 4) is 0 Å². The highest BCUT2D eigenvalue weighted by atomic mass is 16.1. The van der Waals surface area contributed by atoms with E-state index >= 15 is 0 Å². The molecular weight excluding hydrogens is 124 g/mol. The van der Waals surface area contributed by atoms with Gasteiger partial charge in [-0.15, -0.1) is 0 Å². The number of carbonyl (C=O) groups is 1. The number of aldehydes is 1. The molecule has 0 N–H and O–H groups in total. The third-order valence-electron chi connectivity index (χ3n) is 2.42. The van der Waals surface area contributed by atoms with Gasteiger partial charge in [-0.1, -0.05) is 27.7 Å². The van der Waals surface area contributed by atoms with Crippen LogP contribution >= 0.6 is 0 Å². The van der Waals surface area contributed by atoms with E-state index in [9.17, 15) is 4.79 Å². The molecule has 0 radical (unpaired) electrons. The highest BCUT2D eigenvalue weighted by Crippen LogP contribution is 2.21. The fraction of sp³-hybridized carbons (Fsp3) is 0.889. The van der Waals surface area contributed by atoms with Gasteiger partial charge in [0.25, 0.3) is 0 Å². The molecule has 0 fully saturated rings. The zero-order valence-corrected chi connectivity index (χ0v) is 7.42. The van der Waals surface area contributed by atoms with Crippen LogP contribution in [0.15, 0.2) is 0 Å². The predicted octanol–water partition coefficient (Wildman–Crippen LogP) is 2.50. The predicted molar refractivity (Wildman–Crippen MR) is 43.8 cm³/mol. The monoisotopic (exact) mass is 142 g/mol. The van der Waals surface area contributed by atoms with Crippen LogP contribution in [-0.2, 0) is 4.79 Å². The molecule has 0 heterocycles. The summed E-state index contributed by atoms with van der Waals surface area (Å²) in [5.74, 6) is 1.89. The van der Waals surface area contributed by atoms with Gasteiger partial charge < -0.3 is 4.79 Å². The topological polar surface area (TPSA) is 17.1 Å². The van der Waals surface area contributed by atoms with Crippen molar-refractivity contribution < 1.29 is 4.79 Å². The zero-order chi connectivity index (χ0) is 8.15. The van der Waals surface area contributed by atoms with Crippen LogP contribution in [-0.4, -0.2) is 6.29 Å². The van der Waals surface area contributed by atoms with Crippen LogP contribution in [0.25, 0.3) is 0 Å². The molecule has 2 unspecified atom stereocenters. The van der Waals surface area contributed by atoms with Gasteiger partial charge in [-0.05, 0) is 17.8 Å². The Morgan fingerprint density at radius 3 is 2.00 bits per heavy atom. The third-order valence-corrected chi connectivity index (χ3v) is 2.42. The molecule has 10 heavy (non-hydrogen) atoms. The Labute approximate surface area is 63.8 Å². The first-order valence-electron chi connectivity index (χ1n) is 4.03. The van der Waals surface area contributed by atoms with Gasteiger partial charge in [-0.3, -0.25) is 0 Å². The van der Waals surface area contributed by atoms with E-state index in [1.54, 1.807) is 0 Å². The highest BCUT2D eigenvalue weighted by molar-refractivity contribution is 5.49. The van der Waals surface area contributed by atoms with Gasteiger partial charge in [0.15, 0.2) is 0 Å². The van der Waals surface area contributed by atoms with Crippen molar-refractivity contribution in [3.05, 3.63) is 0 Å². The van der Waals surface area contributed by atoms with Crippen molar-refractivity contribution >= 4 is 6.29 Å². The van der Waals surface area contributed by atoms with E-state index in [1.807, 2.05) is 0 Å². The average molecular weight is 142 g/mol. The molecule has 0 aromatic heterocycles. The summed E-state index contributed by atoms with van der Waals surface area (Å²) < 4.78 is 0. The van der Waals surface area contributed by atoms with Crippen LogP contribution < -0.4 is 0 Å². The lowest BCUT2D eigenvalue weighted by atomic mass is 9.85. The Kier molecular flexibility index (Phi) is 4.33. The van der Waals surface area contributed by atoms with Gasteiger partial charge in [0.05, 0.1) is 0 Å². The van der Waals surface area contributed by atoms with Crippen LogP contribution in [0.3, 0.4) is 0 Å². The van der Waals surface area contributed by atoms with Crippen molar-refractivity contribution in [3.63, 3.8) is 0 Å². The molecule has 0 aliphatic heterocycles. The lowest BCUT2D eigenvalue weighted by Crippen LogP contribution is -2.14. The van der Waals surface area contributed by atoms with E-state index < -0.39 is 0 Å². The second-order valence-electron chi connectivity index (χ2n) is 3.48. The molecule has 0 aromatic rings. The molecular formula is C9H18O. The molecule has 1 nitrogen and oxygen atoms in total. The van der Waals surface area contributed by atoms with Crippen LogP contribution in [0.1, 0.15) is 34.1 Å². The summed E-state index contributed by atoms with van der Waals surface area (Å²) >= 11 is 0. The SMILES string of the molecule is CC(C)C(C)C(C)CC=O. The van der Waals surface area contributed by atoms with Gasteiger partial charge in [0.2, 0.25) is 0 Å². The maximum atomic E-state index is 10.1. The highest BCUT2D eigenvalue weighted by Gasteiger charge is 2.14. The number of carbonyl (C=O) groups excluding carboxylic acids is 1. The van der Waals surface area contributed by atoms with Crippen molar-refractivity contribution in [2.24, 2.45) is 17.8 Å². The standard InChI is InChI=1S/C9H18O/c1-7(2)9(4)8(3)5-6-10/h6-9H,5H2,1-4H3. The summed E-state index contributed by atoms with van der Waals surface area (Å²) in [6.07, 6.45) is 1.73. The van der Waals surface area contributed by atoms with Crippen molar-refractivity contribution in [1.29, 1.82) is 0 Å². The first-order chi connectivity index (χ1) is 4.59. The molecule has 0 spiro atoms. The van der Waals surface area contributed by atoms with E-state index in [2.05, 4.69) is 27.7 Å². The quantitative estimate of drug-likeness (QED) is 0.551. The summed E-state index contributed by atoms with van der Waals surface area (Å²) in [7, 11) is 0. The molecule has 0 aliphatic rings. The minimum atomic E-state index is 0.539. The summed E-state index contributed by atoms with van der Waals surface area (Å²) in [6, 6.07) is 0. The van der Waals surface area contributed by atoms with Crippen LogP contribution in [0.4, 0.5) is 0 Å². The minimum Gasteiger partial charge on any atom is -0.303 e. The summed E-state index contributed by atoms with van der Waals surface area (Å²) in [5, 5.41) is 0. The lowest BCUT2D eigenvalue weighted by molar-refractivity contribution is -0.108. The Morgan fingerprint density at radius 1 is 1.20 bits per heavy atom. The summed E-state index contributed by atoms with van der Waals surface area (Å²) in [5.41, 5.74) is 0. The van der Waals surface area contributed by atoms with Crippen LogP contribution in [0.2, 0.25) is 0 Å². The van der Waals surface area contributed by atoms with E-state index in [1.165, 1.54) is 0 Å². The lowest BCUT2D eigenvalue weighted by Gasteiger charge is -2.21. The summed E-state index contributed by atoms with van der Waals surface area (Å²) in [6.45, 7) is 8.75. The first kappa shape index (κ1) is 9.67. The van der Waals surface area contributed by atoms with Crippen LogP contribution in [0.5, 0.6) is 0 Å². The molecule has 0 bridgehead atoms. The van der Waals surface area contributed by atoms with E-state index in [0.717, 1.165) is 6.29 Å². The number of rotatable bonds is 4. The number of hydrogen-bond donors (Lipinski definition) is 0. The van der Waals surface area contributed by atoms with Crippen molar-refractivity contribution in [2.75, 3.05) is 0 Å². The Bertz CT molecular complexity index is 96.9. The first-order valence-corrected chi connectivity index (χ1v) is 4.03. The Morgan fingerprint density at radius 2 is 1.70 bits per heavy atom. The average Bonchev–Trinajstić information content (AvgIpc) is 1.87. The molecule has 0 saturated heterocycles. The fourth-order valence-corrected chi connectivity index (χ4v) is 1.02. The number of hydrogen-bond acceptors (Lipinski definition) is 1. The fourth-order valence-electron chi connectivity index (χ4n) is 1.02. The summed E-state index contributed by atoms with van der Waals surface area (Å²) in [4.78, 5) is 10.1. The maximum Gasteiger partial charge on any atom is 0.120 e. The third kappa shape index (κ3) is 3.00. The van der Waals surface area contributed by atoms with E-state index in [4.69, 9.17) is 0 Å². The largest absolute Gasteiger partial charge is 0.303 e. The second-order valence-corrected chi connectivity index (χ2v) is 3.48. The molecule has 1 heteroatoms.